The highest BCUT2D eigenvalue weighted by molar-refractivity contribution is 7.18. The molecule has 0 saturated heterocycles. The zero-order valence-corrected chi connectivity index (χ0v) is 12.6. The summed E-state index contributed by atoms with van der Waals surface area (Å²) in [6, 6.07) is 2.44. The molecule has 0 bridgehead atoms. The van der Waals surface area contributed by atoms with Crippen molar-refractivity contribution >= 4 is 33.3 Å². The quantitative estimate of drug-likeness (QED) is 0.808. The molecule has 0 radical (unpaired) electrons. The number of rotatable bonds is 4. The minimum absolute atomic E-state index is 0.243. The van der Waals surface area contributed by atoms with Crippen LogP contribution in [-0.4, -0.2) is 34.8 Å². The van der Waals surface area contributed by atoms with Crippen molar-refractivity contribution in [2.24, 2.45) is 5.92 Å². The summed E-state index contributed by atoms with van der Waals surface area (Å²) in [6.07, 6.45) is 3.34. The van der Waals surface area contributed by atoms with Crippen molar-refractivity contribution in [3.8, 4) is 0 Å². The molecule has 2 atom stereocenters. The summed E-state index contributed by atoms with van der Waals surface area (Å²) in [5, 5.41) is 17.1. The van der Waals surface area contributed by atoms with Gasteiger partial charge in [-0.1, -0.05) is 6.42 Å². The Morgan fingerprint density at radius 1 is 1.40 bits per heavy atom. The number of aliphatic hydroxyl groups is 1. The van der Waals surface area contributed by atoms with Crippen LogP contribution in [0.4, 0.5) is 11.8 Å². The van der Waals surface area contributed by atoms with Gasteiger partial charge in [0.25, 0.3) is 0 Å². The maximum Gasteiger partial charge on any atom is 0.225 e. The number of aliphatic hydroxyl groups excluding tert-OH is 1. The molecule has 1 aliphatic carbocycles. The smallest absolute Gasteiger partial charge is 0.225 e. The number of hydrogen-bond donors (Lipinski definition) is 3. The van der Waals surface area contributed by atoms with E-state index in [0.717, 1.165) is 28.9 Å². The summed E-state index contributed by atoms with van der Waals surface area (Å²) in [7, 11) is 1.83. The summed E-state index contributed by atoms with van der Waals surface area (Å²) >= 11 is 1.68. The first-order chi connectivity index (χ1) is 9.71. The summed E-state index contributed by atoms with van der Waals surface area (Å²) in [5.41, 5.74) is 0. The molecular weight excluding hydrogens is 272 g/mol. The lowest BCUT2D eigenvalue weighted by Gasteiger charge is -2.20. The van der Waals surface area contributed by atoms with Crippen molar-refractivity contribution in [2.45, 2.75) is 32.2 Å². The molecule has 2 unspecified atom stereocenters. The highest BCUT2D eigenvalue weighted by atomic mass is 32.1. The highest BCUT2D eigenvalue weighted by Gasteiger charge is 2.27. The molecule has 20 heavy (non-hydrogen) atoms. The van der Waals surface area contributed by atoms with Crippen LogP contribution in [0.15, 0.2) is 6.07 Å². The predicted octanol–water partition coefficient (Wildman–Crippen LogP) is 2.61. The normalized spacial score (nSPS) is 22.4. The van der Waals surface area contributed by atoms with Gasteiger partial charge in [-0.05, 0) is 25.8 Å². The average molecular weight is 292 g/mol. The third-order valence-corrected chi connectivity index (χ3v) is 4.90. The standard InChI is InChI=1S/C14H20N4OS/c1-8-6-10-12(16-11-5-3-4-9(11)7-19)17-14(15-2)18-13(10)20-8/h6,9,11,19H,3-5,7H2,1-2H3,(H2,15,16,17,18). The van der Waals surface area contributed by atoms with E-state index in [2.05, 4.69) is 33.6 Å². The van der Waals surface area contributed by atoms with E-state index in [9.17, 15) is 5.11 Å². The molecule has 1 saturated carbocycles. The summed E-state index contributed by atoms with van der Waals surface area (Å²) in [4.78, 5) is 11.3. The van der Waals surface area contributed by atoms with Crippen LogP contribution >= 0.6 is 11.3 Å². The van der Waals surface area contributed by atoms with E-state index < -0.39 is 0 Å². The molecule has 2 aromatic rings. The largest absolute Gasteiger partial charge is 0.396 e. The van der Waals surface area contributed by atoms with Gasteiger partial charge in [0.1, 0.15) is 10.6 Å². The lowest BCUT2D eigenvalue weighted by atomic mass is 10.1. The predicted molar refractivity (Wildman–Crippen MR) is 83.5 cm³/mol. The van der Waals surface area contributed by atoms with E-state index >= 15 is 0 Å². The van der Waals surface area contributed by atoms with Crippen LogP contribution in [0.2, 0.25) is 0 Å². The highest BCUT2D eigenvalue weighted by Crippen LogP contribution is 2.33. The van der Waals surface area contributed by atoms with Crippen LogP contribution in [0.1, 0.15) is 24.1 Å². The molecule has 3 N–H and O–H groups in total. The molecule has 5 nitrogen and oxygen atoms in total. The van der Waals surface area contributed by atoms with Crippen LogP contribution < -0.4 is 10.6 Å². The number of nitrogens with one attached hydrogen (secondary N) is 2. The van der Waals surface area contributed by atoms with Gasteiger partial charge in [0.2, 0.25) is 5.95 Å². The average Bonchev–Trinajstić information content (AvgIpc) is 3.03. The molecule has 0 amide bonds. The van der Waals surface area contributed by atoms with Crippen LogP contribution in [0, 0.1) is 12.8 Å². The minimum atomic E-state index is 0.243. The lowest BCUT2D eigenvalue weighted by Crippen LogP contribution is -2.27. The number of fused-ring (bicyclic) bond motifs is 1. The second-order valence-corrected chi connectivity index (χ2v) is 6.58. The Labute approximate surface area is 122 Å². The SMILES string of the molecule is CNc1nc(NC2CCCC2CO)c2cc(C)sc2n1. The first kappa shape index (κ1) is 13.6. The minimum Gasteiger partial charge on any atom is -0.396 e. The van der Waals surface area contributed by atoms with E-state index in [-0.39, 0.29) is 6.61 Å². The molecule has 0 spiro atoms. The van der Waals surface area contributed by atoms with Gasteiger partial charge in [-0.3, -0.25) is 0 Å². The molecule has 1 fully saturated rings. The molecule has 0 aromatic carbocycles. The van der Waals surface area contributed by atoms with E-state index in [4.69, 9.17) is 0 Å². The fourth-order valence-corrected chi connectivity index (χ4v) is 3.76. The third kappa shape index (κ3) is 2.45. The first-order valence-corrected chi connectivity index (χ1v) is 7.86. The zero-order valence-electron chi connectivity index (χ0n) is 11.8. The summed E-state index contributed by atoms with van der Waals surface area (Å²) in [6.45, 7) is 2.33. The Hall–Kier alpha value is -1.40. The molecule has 2 heterocycles. The van der Waals surface area contributed by atoms with Crippen molar-refractivity contribution in [2.75, 3.05) is 24.3 Å². The number of hydrogen-bond acceptors (Lipinski definition) is 6. The Bertz CT molecular complexity index is 612. The van der Waals surface area contributed by atoms with Crippen molar-refractivity contribution < 1.29 is 5.11 Å². The van der Waals surface area contributed by atoms with Crippen LogP contribution in [0.3, 0.4) is 0 Å². The fourth-order valence-electron chi connectivity index (χ4n) is 2.88. The topological polar surface area (TPSA) is 70.1 Å². The molecule has 0 aliphatic heterocycles. The van der Waals surface area contributed by atoms with Gasteiger partial charge in [0.05, 0.1) is 5.39 Å². The van der Waals surface area contributed by atoms with Gasteiger partial charge in [0.15, 0.2) is 0 Å². The Kier molecular flexibility index (Phi) is 3.76. The van der Waals surface area contributed by atoms with E-state index in [1.807, 2.05) is 7.05 Å². The number of anilines is 2. The molecule has 1 aliphatic rings. The molecule has 2 aromatic heterocycles. The molecule has 3 rings (SSSR count). The van der Waals surface area contributed by atoms with E-state index in [1.165, 1.54) is 11.3 Å². The fraction of sp³-hybridized carbons (Fsp3) is 0.571. The maximum absolute atomic E-state index is 9.45. The second-order valence-electron chi connectivity index (χ2n) is 5.35. The molecule has 6 heteroatoms. The van der Waals surface area contributed by atoms with Crippen molar-refractivity contribution in [1.29, 1.82) is 0 Å². The third-order valence-electron chi connectivity index (χ3n) is 3.96. The molecule has 108 valence electrons. The number of aryl methyl sites for hydroxylation is 1. The van der Waals surface area contributed by atoms with Crippen LogP contribution in [-0.2, 0) is 0 Å². The van der Waals surface area contributed by atoms with Gasteiger partial charge in [-0.15, -0.1) is 11.3 Å². The number of nitrogens with zero attached hydrogens (tertiary/aromatic N) is 2. The van der Waals surface area contributed by atoms with Crippen molar-refractivity contribution in [3.05, 3.63) is 10.9 Å². The Morgan fingerprint density at radius 3 is 3.00 bits per heavy atom. The van der Waals surface area contributed by atoms with Gasteiger partial charge >= 0.3 is 0 Å². The van der Waals surface area contributed by atoms with Gasteiger partial charge in [0, 0.05) is 30.5 Å². The van der Waals surface area contributed by atoms with E-state index in [0.29, 0.717) is 17.9 Å². The Balaban J connectivity index is 1.96. The first-order valence-electron chi connectivity index (χ1n) is 7.04. The number of aromatic nitrogens is 2. The summed E-state index contributed by atoms with van der Waals surface area (Å²) < 4.78 is 0. The maximum atomic E-state index is 9.45. The lowest BCUT2D eigenvalue weighted by molar-refractivity contribution is 0.222. The van der Waals surface area contributed by atoms with E-state index in [1.54, 1.807) is 11.3 Å². The monoisotopic (exact) mass is 292 g/mol. The second kappa shape index (κ2) is 5.54. The van der Waals surface area contributed by atoms with Crippen LogP contribution in [0.5, 0.6) is 0 Å². The van der Waals surface area contributed by atoms with Gasteiger partial charge in [-0.25, -0.2) is 4.98 Å². The zero-order chi connectivity index (χ0) is 14.1. The molecular formula is C14H20N4OS. The van der Waals surface area contributed by atoms with Gasteiger partial charge in [-0.2, -0.15) is 4.98 Å². The van der Waals surface area contributed by atoms with Crippen molar-refractivity contribution in [3.63, 3.8) is 0 Å². The summed E-state index contributed by atoms with van der Waals surface area (Å²) in [5.74, 6) is 1.85. The Morgan fingerprint density at radius 2 is 2.25 bits per heavy atom. The van der Waals surface area contributed by atoms with Crippen molar-refractivity contribution in [1.82, 2.24) is 9.97 Å². The van der Waals surface area contributed by atoms with Crippen LogP contribution in [0.25, 0.3) is 10.2 Å². The number of thiophene rings is 1. The van der Waals surface area contributed by atoms with Gasteiger partial charge < -0.3 is 15.7 Å².